The molecule has 4 nitrogen and oxygen atoms in total. The van der Waals surface area contributed by atoms with Gasteiger partial charge in [0.05, 0.1) is 13.0 Å². The Labute approximate surface area is 155 Å². The van der Waals surface area contributed by atoms with Crippen molar-refractivity contribution in [1.82, 2.24) is 5.32 Å². The van der Waals surface area contributed by atoms with Crippen LogP contribution in [0.2, 0.25) is 0 Å². The fraction of sp³-hybridized carbons (Fsp3) is 0.905. The molecule has 1 N–H and O–H groups in total. The highest BCUT2D eigenvalue weighted by atomic mass is 16.5. The van der Waals surface area contributed by atoms with E-state index >= 15 is 0 Å². The van der Waals surface area contributed by atoms with Crippen LogP contribution < -0.4 is 5.32 Å². The first-order valence-corrected chi connectivity index (χ1v) is 10.6. The summed E-state index contributed by atoms with van der Waals surface area (Å²) in [5.41, 5.74) is 0. The molecule has 0 bridgehead atoms. The number of amides is 1. The summed E-state index contributed by atoms with van der Waals surface area (Å²) in [6.45, 7) is 4.59. The van der Waals surface area contributed by atoms with Gasteiger partial charge >= 0.3 is 5.97 Å². The monoisotopic (exact) mass is 355 g/mol. The summed E-state index contributed by atoms with van der Waals surface area (Å²) in [6.07, 6.45) is 18.8. The molecule has 0 unspecified atom stereocenters. The van der Waals surface area contributed by atoms with Crippen LogP contribution in [-0.4, -0.2) is 25.0 Å². The maximum Gasteiger partial charge on any atom is 0.307 e. The smallest absolute Gasteiger partial charge is 0.307 e. The van der Waals surface area contributed by atoms with E-state index in [0.29, 0.717) is 13.2 Å². The molecule has 0 radical (unpaired) electrons. The molecule has 0 saturated carbocycles. The minimum Gasteiger partial charge on any atom is -0.466 e. The molecule has 0 heterocycles. The van der Waals surface area contributed by atoms with Gasteiger partial charge in [-0.3, -0.25) is 9.59 Å². The molecule has 0 aliphatic heterocycles. The second kappa shape index (κ2) is 19.3. The number of rotatable bonds is 18. The van der Waals surface area contributed by atoms with Crippen molar-refractivity contribution in [3.8, 4) is 0 Å². The van der Waals surface area contributed by atoms with Gasteiger partial charge in [-0.1, -0.05) is 90.4 Å². The standard InChI is InChI=1S/C21H41NO3/c1-3-4-5-6-7-8-9-10-11-12-13-14-15-16-19-25-21(24)17-18-22-20(2)23/h3-19H2,1-2H3,(H,22,23). The Morgan fingerprint density at radius 1 is 0.720 bits per heavy atom. The molecule has 0 rings (SSSR count). The summed E-state index contributed by atoms with van der Waals surface area (Å²) < 4.78 is 5.14. The SMILES string of the molecule is CCCCCCCCCCCCCCCCOC(=O)CCNC(C)=O. The largest absolute Gasteiger partial charge is 0.466 e. The highest BCUT2D eigenvalue weighted by Gasteiger charge is 2.02. The highest BCUT2D eigenvalue weighted by Crippen LogP contribution is 2.12. The quantitative estimate of drug-likeness (QED) is 0.259. The van der Waals surface area contributed by atoms with Crippen molar-refractivity contribution in [3.05, 3.63) is 0 Å². The molecule has 0 aromatic heterocycles. The van der Waals surface area contributed by atoms with E-state index in [0.717, 1.165) is 12.8 Å². The van der Waals surface area contributed by atoms with E-state index in [1.54, 1.807) is 0 Å². The lowest BCUT2D eigenvalue weighted by atomic mass is 10.0. The highest BCUT2D eigenvalue weighted by molar-refractivity contribution is 5.74. The summed E-state index contributed by atoms with van der Waals surface area (Å²) in [5.74, 6) is -0.330. The van der Waals surface area contributed by atoms with Gasteiger partial charge in [0.25, 0.3) is 0 Å². The van der Waals surface area contributed by atoms with Crippen LogP contribution in [-0.2, 0) is 14.3 Å². The van der Waals surface area contributed by atoms with Crippen LogP contribution in [0.1, 0.15) is 110 Å². The van der Waals surface area contributed by atoms with Crippen molar-refractivity contribution in [2.45, 2.75) is 110 Å². The molecule has 148 valence electrons. The lowest BCUT2D eigenvalue weighted by Crippen LogP contribution is -2.23. The van der Waals surface area contributed by atoms with Crippen LogP contribution in [0.3, 0.4) is 0 Å². The number of hydrogen-bond donors (Lipinski definition) is 1. The first-order chi connectivity index (χ1) is 12.2. The van der Waals surface area contributed by atoms with E-state index in [1.807, 2.05) is 0 Å². The molecule has 25 heavy (non-hydrogen) atoms. The zero-order valence-electron chi connectivity index (χ0n) is 16.7. The predicted octanol–water partition coefficient (Wildman–Crippen LogP) is 5.54. The molecule has 0 aliphatic rings. The number of carbonyl (C=O) groups excluding carboxylic acids is 2. The van der Waals surface area contributed by atoms with Crippen LogP contribution in [0.4, 0.5) is 0 Å². The fourth-order valence-electron chi connectivity index (χ4n) is 2.90. The van der Waals surface area contributed by atoms with Crippen LogP contribution >= 0.6 is 0 Å². The minimum atomic E-state index is -0.219. The first-order valence-electron chi connectivity index (χ1n) is 10.6. The molecule has 0 saturated heterocycles. The molecule has 0 fully saturated rings. The van der Waals surface area contributed by atoms with Crippen LogP contribution in [0.5, 0.6) is 0 Å². The van der Waals surface area contributed by atoms with Gasteiger partial charge in [0.15, 0.2) is 0 Å². The molecule has 0 atom stereocenters. The summed E-state index contributed by atoms with van der Waals surface area (Å²) in [4.78, 5) is 22.1. The van der Waals surface area contributed by atoms with E-state index in [9.17, 15) is 9.59 Å². The molecule has 0 aromatic rings. The van der Waals surface area contributed by atoms with E-state index < -0.39 is 0 Å². The third-order valence-corrected chi connectivity index (χ3v) is 4.46. The Kier molecular flexibility index (Phi) is 18.5. The molecule has 1 amide bonds. The summed E-state index contributed by atoms with van der Waals surface area (Å²) in [6, 6.07) is 0. The normalized spacial score (nSPS) is 10.6. The zero-order chi connectivity index (χ0) is 18.6. The third-order valence-electron chi connectivity index (χ3n) is 4.46. The second-order valence-electron chi connectivity index (χ2n) is 7.05. The molecule has 0 aromatic carbocycles. The van der Waals surface area contributed by atoms with Gasteiger partial charge in [-0.05, 0) is 6.42 Å². The van der Waals surface area contributed by atoms with Crippen molar-refractivity contribution < 1.29 is 14.3 Å². The maximum atomic E-state index is 11.4. The number of esters is 1. The average molecular weight is 356 g/mol. The number of carbonyl (C=O) groups is 2. The molecule has 4 heteroatoms. The Balaban J connectivity index is 3.11. The van der Waals surface area contributed by atoms with E-state index in [4.69, 9.17) is 4.74 Å². The number of unbranched alkanes of at least 4 members (excludes halogenated alkanes) is 13. The maximum absolute atomic E-state index is 11.4. The predicted molar refractivity (Wildman–Crippen MR) is 105 cm³/mol. The molecule has 0 spiro atoms. The first kappa shape index (κ1) is 23.9. The van der Waals surface area contributed by atoms with Gasteiger partial charge in [0, 0.05) is 13.5 Å². The van der Waals surface area contributed by atoms with Gasteiger partial charge in [-0.15, -0.1) is 0 Å². The Morgan fingerprint density at radius 2 is 1.16 bits per heavy atom. The van der Waals surface area contributed by atoms with E-state index in [1.165, 1.54) is 84.0 Å². The zero-order valence-corrected chi connectivity index (χ0v) is 16.7. The number of ether oxygens (including phenoxy) is 1. The van der Waals surface area contributed by atoms with Crippen LogP contribution in [0.25, 0.3) is 0 Å². The van der Waals surface area contributed by atoms with Crippen molar-refractivity contribution in [3.63, 3.8) is 0 Å². The second-order valence-corrected chi connectivity index (χ2v) is 7.05. The Bertz CT molecular complexity index is 318. The van der Waals surface area contributed by atoms with Gasteiger partial charge in [0.1, 0.15) is 0 Å². The lowest BCUT2D eigenvalue weighted by molar-refractivity contribution is -0.143. The Hall–Kier alpha value is -1.06. The summed E-state index contributed by atoms with van der Waals surface area (Å²) in [5, 5.41) is 2.59. The van der Waals surface area contributed by atoms with E-state index in [-0.39, 0.29) is 18.3 Å². The van der Waals surface area contributed by atoms with Crippen molar-refractivity contribution in [2.24, 2.45) is 0 Å². The fourth-order valence-corrected chi connectivity index (χ4v) is 2.90. The lowest BCUT2D eigenvalue weighted by Gasteiger charge is -2.05. The van der Waals surface area contributed by atoms with Crippen molar-refractivity contribution in [1.29, 1.82) is 0 Å². The van der Waals surface area contributed by atoms with Gasteiger partial charge in [0.2, 0.25) is 5.91 Å². The van der Waals surface area contributed by atoms with Gasteiger partial charge in [-0.2, -0.15) is 0 Å². The average Bonchev–Trinajstić information content (AvgIpc) is 2.58. The summed E-state index contributed by atoms with van der Waals surface area (Å²) >= 11 is 0. The van der Waals surface area contributed by atoms with Crippen molar-refractivity contribution in [2.75, 3.05) is 13.2 Å². The molecular weight excluding hydrogens is 314 g/mol. The molecular formula is C21H41NO3. The van der Waals surface area contributed by atoms with Crippen LogP contribution in [0.15, 0.2) is 0 Å². The molecule has 0 aliphatic carbocycles. The van der Waals surface area contributed by atoms with Crippen LogP contribution in [0, 0.1) is 0 Å². The summed E-state index contributed by atoms with van der Waals surface area (Å²) in [7, 11) is 0. The van der Waals surface area contributed by atoms with Gasteiger partial charge in [-0.25, -0.2) is 0 Å². The topological polar surface area (TPSA) is 55.4 Å². The van der Waals surface area contributed by atoms with E-state index in [2.05, 4.69) is 12.2 Å². The van der Waals surface area contributed by atoms with Gasteiger partial charge < -0.3 is 10.1 Å². The number of nitrogens with one attached hydrogen (secondary N) is 1. The number of hydrogen-bond acceptors (Lipinski definition) is 3. The minimum absolute atomic E-state index is 0.111. The Morgan fingerprint density at radius 3 is 1.60 bits per heavy atom. The third kappa shape index (κ3) is 20.9. The van der Waals surface area contributed by atoms with Crippen molar-refractivity contribution >= 4 is 11.9 Å².